The second-order valence-electron chi connectivity index (χ2n) is 6.88. The van der Waals surface area contributed by atoms with Crippen molar-refractivity contribution in [2.45, 2.75) is 70.5 Å². The molecule has 0 spiro atoms. The van der Waals surface area contributed by atoms with Crippen molar-refractivity contribution in [3.8, 4) is 0 Å². The van der Waals surface area contributed by atoms with Gasteiger partial charge in [0.2, 0.25) is 0 Å². The third-order valence-corrected chi connectivity index (χ3v) is 4.62. The van der Waals surface area contributed by atoms with Crippen molar-refractivity contribution in [1.82, 2.24) is 0 Å². The molecule has 0 radical (unpaired) electrons. The van der Waals surface area contributed by atoms with Crippen molar-refractivity contribution in [3.05, 3.63) is 48.1 Å². The minimum Gasteiger partial charge on any atom is -0.458 e. The van der Waals surface area contributed by atoms with E-state index < -0.39 is 11.6 Å². The molecule has 1 saturated heterocycles. The zero-order valence-corrected chi connectivity index (χ0v) is 16.1. The molecule has 0 amide bonds. The van der Waals surface area contributed by atoms with E-state index in [4.69, 9.17) is 9.47 Å². The first kappa shape index (κ1) is 20.9. The smallest absolute Gasteiger partial charge is 0.306 e. The lowest BCUT2D eigenvalue weighted by Gasteiger charge is -2.27. The van der Waals surface area contributed by atoms with Crippen LogP contribution in [-0.4, -0.2) is 29.4 Å². The number of ketones is 1. The zero-order chi connectivity index (χ0) is 19.7. The van der Waals surface area contributed by atoms with Crippen molar-refractivity contribution in [3.63, 3.8) is 0 Å². The predicted octanol–water partition coefficient (Wildman–Crippen LogP) is 4.14. The number of rotatable bonds is 9. The van der Waals surface area contributed by atoms with E-state index >= 15 is 0 Å². The molecule has 146 valence electrons. The van der Waals surface area contributed by atoms with Crippen molar-refractivity contribution < 1.29 is 23.9 Å². The van der Waals surface area contributed by atoms with Crippen LogP contribution in [0.4, 0.5) is 0 Å². The van der Waals surface area contributed by atoms with Gasteiger partial charge < -0.3 is 9.47 Å². The molecule has 2 rings (SSSR count). The summed E-state index contributed by atoms with van der Waals surface area (Å²) in [7, 11) is 0. The first-order valence-corrected chi connectivity index (χ1v) is 9.63. The van der Waals surface area contributed by atoms with Gasteiger partial charge in [0.05, 0.1) is 0 Å². The summed E-state index contributed by atoms with van der Waals surface area (Å²) in [5.74, 6) is -0.824. The number of esters is 2. The second-order valence-corrected chi connectivity index (χ2v) is 6.88. The van der Waals surface area contributed by atoms with E-state index in [2.05, 4.69) is 13.0 Å². The maximum absolute atomic E-state index is 12.3. The van der Waals surface area contributed by atoms with Crippen LogP contribution in [0.15, 0.2) is 48.1 Å². The van der Waals surface area contributed by atoms with Crippen molar-refractivity contribution in [2.24, 2.45) is 0 Å². The molecular weight excluding hydrogens is 344 g/mol. The average molecular weight is 372 g/mol. The van der Waals surface area contributed by atoms with Gasteiger partial charge in [-0.2, -0.15) is 0 Å². The fourth-order valence-corrected chi connectivity index (χ4v) is 3.23. The molecule has 5 heteroatoms. The van der Waals surface area contributed by atoms with Gasteiger partial charge in [-0.1, -0.05) is 44.1 Å². The topological polar surface area (TPSA) is 69.7 Å². The number of cyclic esters (lactones) is 1. The highest BCUT2D eigenvalue weighted by Gasteiger charge is 2.41. The SMILES string of the molecule is CCCCC/C=C\C[C@]1(OC(C)=O)C=CC(=O)/C1=C/C=C\[C@H]1CCC(=O)O1. The summed E-state index contributed by atoms with van der Waals surface area (Å²) in [6.45, 7) is 3.50. The maximum atomic E-state index is 12.3. The minimum atomic E-state index is -1.07. The van der Waals surface area contributed by atoms with Crippen LogP contribution >= 0.6 is 0 Å². The summed E-state index contributed by atoms with van der Waals surface area (Å²) in [4.78, 5) is 35.2. The number of hydrogen-bond donors (Lipinski definition) is 0. The summed E-state index contributed by atoms with van der Waals surface area (Å²) in [5.41, 5.74) is -0.655. The van der Waals surface area contributed by atoms with Crippen LogP contribution in [0.3, 0.4) is 0 Å². The van der Waals surface area contributed by atoms with Crippen LogP contribution in [0.25, 0.3) is 0 Å². The van der Waals surface area contributed by atoms with Crippen LogP contribution in [0, 0.1) is 0 Å². The molecule has 0 aromatic carbocycles. The number of carbonyl (C=O) groups excluding carboxylic acids is 3. The Bertz CT molecular complexity index is 683. The van der Waals surface area contributed by atoms with Crippen molar-refractivity contribution in [2.75, 3.05) is 0 Å². The van der Waals surface area contributed by atoms with Gasteiger partial charge in [0.1, 0.15) is 6.10 Å². The first-order valence-electron chi connectivity index (χ1n) is 9.63. The predicted molar refractivity (Wildman–Crippen MR) is 103 cm³/mol. The Kier molecular flexibility index (Phi) is 7.77. The molecule has 0 aromatic heterocycles. The average Bonchev–Trinajstić information content (AvgIpc) is 3.16. The highest BCUT2D eigenvalue weighted by atomic mass is 16.6. The minimum absolute atomic E-state index is 0.177. The molecule has 1 aliphatic heterocycles. The normalized spacial score (nSPS) is 26.6. The second kappa shape index (κ2) is 10.0. The lowest BCUT2D eigenvalue weighted by atomic mass is 9.91. The Hall–Kier alpha value is -2.43. The van der Waals surface area contributed by atoms with Gasteiger partial charge in [-0.25, -0.2) is 0 Å². The molecule has 27 heavy (non-hydrogen) atoms. The lowest BCUT2D eigenvalue weighted by Crippen LogP contribution is -2.33. The number of allylic oxidation sites excluding steroid dienone is 4. The van der Waals surface area contributed by atoms with Crippen molar-refractivity contribution >= 4 is 17.7 Å². The van der Waals surface area contributed by atoms with Gasteiger partial charge in [0, 0.05) is 25.3 Å². The molecule has 1 fully saturated rings. The van der Waals surface area contributed by atoms with Gasteiger partial charge in [-0.3, -0.25) is 14.4 Å². The van der Waals surface area contributed by atoms with E-state index in [0.717, 1.165) is 19.3 Å². The summed E-state index contributed by atoms with van der Waals surface area (Å²) in [5, 5.41) is 0. The molecule has 0 bridgehead atoms. The zero-order valence-electron chi connectivity index (χ0n) is 16.1. The molecule has 2 atom stereocenters. The van der Waals surface area contributed by atoms with E-state index in [-0.39, 0.29) is 17.9 Å². The summed E-state index contributed by atoms with van der Waals surface area (Å²) >= 11 is 0. The van der Waals surface area contributed by atoms with E-state index in [0.29, 0.717) is 24.8 Å². The van der Waals surface area contributed by atoms with Crippen LogP contribution in [0.2, 0.25) is 0 Å². The summed E-state index contributed by atoms with van der Waals surface area (Å²) < 4.78 is 10.7. The fourth-order valence-electron chi connectivity index (χ4n) is 3.23. The molecular formula is C22H28O5. The first-order chi connectivity index (χ1) is 13.0. The Balaban J connectivity index is 2.11. The summed E-state index contributed by atoms with van der Waals surface area (Å²) in [6, 6.07) is 0. The van der Waals surface area contributed by atoms with Gasteiger partial charge in [-0.05, 0) is 37.5 Å². The molecule has 0 unspecified atom stereocenters. The molecule has 1 aliphatic carbocycles. The Labute approximate surface area is 160 Å². The molecule has 0 saturated carbocycles. The molecule has 5 nitrogen and oxygen atoms in total. The van der Waals surface area contributed by atoms with Crippen LogP contribution < -0.4 is 0 Å². The van der Waals surface area contributed by atoms with E-state index in [1.165, 1.54) is 19.4 Å². The van der Waals surface area contributed by atoms with Crippen molar-refractivity contribution in [1.29, 1.82) is 0 Å². The standard InChI is InChI=1S/C22H28O5/c1-3-4-5-6-7-8-15-22(27-17(2)23)16-14-20(24)19(22)11-9-10-18-12-13-21(25)26-18/h7-11,14,16,18H,3-6,12-13,15H2,1-2H3/b8-7-,10-9-,19-11-/t18-,22-/m0/s1. The monoisotopic (exact) mass is 372 g/mol. The third-order valence-electron chi connectivity index (χ3n) is 4.62. The van der Waals surface area contributed by atoms with Crippen LogP contribution in [-0.2, 0) is 23.9 Å². The largest absolute Gasteiger partial charge is 0.458 e. The number of hydrogen-bond acceptors (Lipinski definition) is 5. The lowest BCUT2D eigenvalue weighted by molar-refractivity contribution is -0.149. The van der Waals surface area contributed by atoms with Gasteiger partial charge in [-0.15, -0.1) is 0 Å². The van der Waals surface area contributed by atoms with Gasteiger partial charge in [0.25, 0.3) is 0 Å². The molecule has 1 heterocycles. The highest BCUT2D eigenvalue weighted by Crippen LogP contribution is 2.34. The van der Waals surface area contributed by atoms with Gasteiger partial charge >= 0.3 is 11.9 Å². The number of unbranched alkanes of at least 4 members (excludes halogenated alkanes) is 3. The van der Waals surface area contributed by atoms with Gasteiger partial charge in [0.15, 0.2) is 11.4 Å². The molecule has 0 N–H and O–H groups in total. The summed E-state index contributed by atoms with van der Waals surface area (Å²) in [6.07, 6.45) is 17.9. The molecule has 2 aliphatic rings. The van der Waals surface area contributed by atoms with E-state index in [9.17, 15) is 14.4 Å². The number of carbonyl (C=O) groups is 3. The van der Waals surface area contributed by atoms with E-state index in [1.54, 1.807) is 24.3 Å². The Morgan fingerprint density at radius 1 is 1.33 bits per heavy atom. The maximum Gasteiger partial charge on any atom is 0.306 e. The highest BCUT2D eigenvalue weighted by molar-refractivity contribution is 6.09. The Morgan fingerprint density at radius 2 is 2.15 bits per heavy atom. The van der Waals surface area contributed by atoms with Crippen LogP contribution in [0.5, 0.6) is 0 Å². The fraction of sp³-hybridized carbons (Fsp3) is 0.500. The van der Waals surface area contributed by atoms with Crippen LogP contribution in [0.1, 0.15) is 58.8 Å². The third kappa shape index (κ3) is 6.05. The quantitative estimate of drug-likeness (QED) is 0.263. The van der Waals surface area contributed by atoms with E-state index in [1.807, 2.05) is 6.08 Å². The number of ether oxygens (including phenoxy) is 2. The Morgan fingerprint density at radius 3 is 2.81 bits per heavy atom. The molecule has 0 aromatic rings.